The van der Waals surface area contributed by atoms with Crippen molar-refractivity contribution >= 4 is 21.4 Å². The number of benzene rings is 1. The Morgan fingerprint density at radius 2 is 2.16 bits per heavy atom. The lowest BCUT2D eigenvalue weighted by Gasteiger charge is -2.34. The summed E-state index contributed by atoms with van der Waals surface area (Å²) in [4.78, 5) is 2.02. The van der Waals surface area contributed by atoms with Crippen molar-refractivity contribution in [1.82, 2.24) is 0 Å². The van der Waals surface area contributed by atoms with Crippen LogP contribution in [0, 0.1) is 0 Å². The normalized spacial score (nSPS) is 20.5. The highest BCUT2D eigenvalue weighted by Crippen LogP contribution is 2.31. The van der Waals surface area contributed by atoms with Gasteiger partial charge in [-0.25, -0.2) is 13.6 Å². The van der Waals surface area contributed by atoms with Crippen LogP contribution in [0.15, 0.2) is 23.1 Å². The van der Waals surface area contributed by atoms with Crippen molar-refractivity contribution < 1.29 is 13.2 Å². The van der Waals surface area contributed by atoms with Crippen LogP contribution in [0.5, 0.6) is 0 Å². The Kier molecular flexibility index (Phi) is 3.98. The lowest BCUT2D eigenvalue weighted by molar-refractivity contribution is 0.0894. The van der Waals surface area contributed by atoms with E-state index in [1.807, 2.05) is 11.0 Å². The number of para-hydroxylation sites is 1. The largest absolute Gasteiger partial charge is 0.396 e. The molecule has 1 aromatic carbocycles. The Morgan fingerprint density at radius 1 is 1.42 bits per heavy atom. The summed E-state index contributed by atoms with van der Waals surface area (Å²) >= 11 is 0. The van der Waals surface area contributed by atoms with Crippen molar-refractivity contribution in [2.24, 2.45) is 5.14 Å². The molecule has 0 spiro atoms. The second kappa shape index (κ2) is 5.36. The number of nitrogens with zero attached hydrogens (tertiary/aromatic N) is 1. The molecule has 0 radical (unpaired) electrons. The number of primary sulfonamides is 1. The molecule has 6 nitrogen and oxygen atoms in total. The summed E-state index contributed by atoms with van der Waals surface area (Å²) in [5, 5.41) is 5.16. The highest BCUT2D eigenvalue weighted by atomic mass is 32.2. The van der Waals surface area contributed by atoms with Gasteiger partial charge < -0.3 is 15.4 Å². The van der Waals surface area contributed by atoms with Gasteiger partial charge in [0.2, 0.25) is 10.0 Å². The fourth-order valence-electron chi connectivity index (χ4n) is 2.41. The zero-order valence-corrected chi connectivity index (χ0v) is 11.7. The molecule has 1 atom stereocenters. The Labute approximate surface area is 113 Å². The molecule has 1 unspecified atom stereocenters. The van der Waals surface area contributed by atoms with E-state index in [9.17, 15) is 8.42 Å². The minimum Gasteiger partial charge on any atom is -0.396 e. The predicted octanol–water partition coefficient (Wildman–Crippen LogP) is 0.531. The van der Waals surface area contributed by atoms with Gasteiger partial charge in [-0.15, -0.1) is 0 Å². The quantitative estimate of drug-likeness (QED) is 0.789. The van der Waals surface area contributed by atoms with Crippen molar-refractivity contribution in [2.45, 2.75) is 23.8 Å². The van der Waals surface area contributed by atoms with Crippen LogP contribution >= 0.6 is 0 Å². The van der Waals surface area contributed by atoms with Crippen LogP contribution in [0.1, 0.15) is 12.8 Å². The Morgan fingerprint density at radius 3 is 2.79 bits per heavy atom. The molecule has 0 amide bonds. The number of ether oxygens (including phenoxy) is 1. The van der Waals surface area contributed by atoms with Gasteiger partial charge in [-0.3, -0.25) is 0 Å². The summed E-state index contributed by atoms with van der Waals surface area (Å²) in [6.07, 6.45) is 2.13. The lowest BCUT2D eigenvalue weighted by Crippen LogP contribution is -2.39. The maximum atomic E-state index is 11.5. The van der Waals surface area contributed by atoms with Gasteiger partial charge in [0.25, 0.3) is 0 Å². The summed E-state index contributed by atoms with van der Waals surface area (Å²) < 4.78 is 28.3. The van der Waals surface area contributed by atoms with E-state index < -0.39 is 10.0 Å². The molecule has 1 aliphatic rings. The molecule has 4 N–H and O–H groups in total. The number of sulfonamides is 1. The summed E-state index contributed by atoms with van der Waals surface area (Å²) in [6, 6.07) is 4.88. The number of methoxy groups -OCH3 is 1. The number of nitrogen functional groups attached to an aromatic ring is 1. The first-order valence-corrected chi connectivity index (χ1v) is 7.67. The second-order valence-corrected chi connectivity index (χ2v) is 6.21. The van der Waals surface area contributed by atoms with Gasteiger partial charge in [-0.2, -0.15) is 0 Å². The van der Waals surface area contributed by atoms with Crippen molar-refractivity contribution in [2.75, 3.05) is 30.8 Å². The molecule has 1 saturated heterocycles. The molecule has 1 fully saturated rings. The van der Waals surface area contributed by atoms with E-state index in [0.717, 1.165) is 19.4 Å². The summed E-state index contributed by atoms with van der Waals surface area (Å²) in [5.74, 6) is 0. The average molecular weight is 285 g/mol. The second-order valence-electron chi connectivity index (χ2n) is 4.68. The molecule has 1 aliphatic heterocycles. The van der Waals surface area contributed by atoms with Crippen LogP contribution in [0.2, 0.25) is 0 Å². The monoisotopic (exact) mass is 285 g/mol. The standard InChI is InChI=1S/C12H19N3O3S/c1-18-9-4-3-7-15(8-9)10-5-2-6-11(12(10)13)19(14,16)17/h2,5-6,9H,3-4,7-8,13H2,1H3,(H2,14,16,17). The SMILES string of the molecule is COC1CCCN(c2cccc(S(N)(=O)=O)c2N)C1. The van der Waals surface area contributed by atoms with Crippen LogP contribution < -0.4 is 15.8 Å². The zero-order valence-electron chi connectivity index (χ0n) is 10.9. The van der Waals surface area contributed by atoms with Crippen LogP contribution in [0.25, 0.3) is 0 Å². The van der Waals surface area contributed by atoms with Gasteiger partial charge >= 0.3 is 0 Å². The van der Waals surface area contributed by atoms with Crippen molar-refractivity contribution in [3.63, 3.8) is 0 Å². The molecule has 0 bridgehead atoms. The van der Waals surface area contributed by atoms with Crippen molar-refractivity contribution in [1.29, 1.82) is 0 Å². The van der Waals surface area contributed by atoms with Gasteiger partial charge in [0.1, 0.15) is 4.90 Å². The van der Waals surface area contributed by atoms with Crippen molar-refractivity contribution in [3.05, 3.63) is 18.2 Å². The third kappa shape index (κ3) is 2.99. The van der Waals surface area contributed by atoms with Crippen LogP contribution in [0.3, 0.4) is 0 Å². The minimum absolute atomic E-state index is 0.0236. The average Bonchev–Trinajstić information content (AvgIpc) is 2.37. The number of rotatable bonds is 3. The Bertz CT molecular complexity index is 559. The van der Waals surface area contributed by atoms with E-state index in [1.165, 1.54) is 6.07 Å². The van der Waals surface area contributed by atoms with Gasteiger partial charge in [0.15, 0.2) is 0 Å². The maximum absolute atomic E-state index is 11.5. The Hall–Kier alpha value is -1.31. The molecular weight excluding hydrogens is 266 g/mol. The van der Waals surface area contributed by atoms with E-state index >= 15 is 0 Å². The summed E-state index contributed by atoms with van der Waals surface area (Å²) in [6.45, 7) is 1.53. The van der Waals surface area contributed by atoms with Gasteiger partial charge in [-0.1, -0.05) is 6.07 Å². The predicted molar refractivity (Wildman–Crippen MR) is 74.5 cm³/mol. The molecule has 0 aliphatic carbocycles. The molecular formula is C12H19N3O3S. The molecule has 7 heteroatoms. The molecule has 1 aromatic rings. The van der Waals surface area contributed by atoms with Gasteiger partial charge in [-0.05, 0) is 25.0 Å². The Balaban J connectivity index is 2.35. The van der Waals surface area contributed by atoms with Crippen LogP contribution in [-0.2, 0) is 14.8 Å². The number of anilines is 2. The number of hydrogen-bond donors (Lipinski definition) is 2. The lowest BCUT2D eigenvalue weighted by atomic mass is 10.1. The first kappa shape index (κ1) is 14.1. The first-order valence-electron chi connectivity index (χ1n) is 6.12. The van der Waals surface area contributed by atoms with E-state index in [4.69, 9.17) is 15.6 Å². The highest BCUT2D eigenvalue weighted by Gasteiger charge is 2.23. The number of nitrogens with two attached hydrogens (primary N) is 2. The van der Waals surface area contributed by atoms with E-state index in [1.54, 1.807) is 13.2 Å². The fourth-order valence-corrected chi connectivity index (χ4v) is 3.09. The highest BCUT2D eigenvalue weighted by molar-refractivity contribution is 7.89. The minimum atomic E-state index is -3.80. The molecule has 19 heavy (non-hydrogen) atoms. The first-order chi connectivity index (χ1) is 8.93. The van der Waals surface area contributed by atoms with E-state index in [2.05, 4.69) is 0 Å². The molecule has 106 valence electrons. The summed E-state index contributed by atoms with van der Waals surface area (Å²) in [7, 11) is -2.12. The number of hydrogen-bond acceptors (Lipinski definition) is 5. The number of piperidine rings is 1. The molecule has 1 heterocycles. The van der Waals surface area contributed by atoms with Crippen molar-refractivity contribution in [3.8, 4) is 0 Å². The fraction of sp³-hybridized carbons (Fsp3) is 0.500. The molecule has 2 rings (SSSR count). The zero-order chi connectivity index (χ0) is 14.0. The van der Waals surface area contributed by atoms with E-state index in [0.29, 0.717) is 12.2 Å². The topological polar surface area (TPSA) is 98.6 Å². The third-order valence-electron chi connectivity index (χ3n) is 3.40. The van der Waals surface area contributed by atoms with Gasteiger partial charge in [0.05, 0.1) is 17.5 Å². The van der Waals surface area contributed by atoms with Crippen LogP contribution in [-0.4, -0.2) is 34.7 Å². The van der Waals surface area contributed by atoms with Crippen LogP contribution in [0.4, 0.5) is 11.4 Å². The molecule has 0 saturated carbocycles. The van der Waals surface area contributed by atoms with Gasteiger partial charge in [0, 0.05) is 20.2 Å². The maximum Gasteiger partial charge on any atom is 0.240 e. The smallest absolute Gasteiger partial charge is 0.240 e. The molecule has 0 aromatic heterocycles. The summed E-state index contributed by atoms with van der Waals surface area (Å²) in [5.41, 5.74) is 6.86. The third-order valence-corrected chi connectivity index (χ3v) is 4.37. The van der Waals surface area contributed by atoms with E-state index in [-0.39, 0.29) is 16.7 Å².